The Balaban J connectivity index is 0.00000841. The van der Waals surface area contributed by atoms with Gasteiger partial charge < -0.3 is 34.5 Å². The number of quaternary nitrogens is 1. The summed E-state index contributed by atoms with van der Waals surface area (Å²) < 4.78 is 35.2. The Hall–Kier alpha value is -1.95. The number of nitrogens with one attached hydrogen (secondary N) is 1. The van der Waals surface area contributed by atoms with Crippen LogP contribution in [0.1, 0.15) is 113 Å². The number of amides is 2. The average molecular weight is 812 g/mol. The zero-order valence-corrected chi connectivity index (χ0v) is 37.7. The monoisotopic (exact) mass is 812 g/mol. The minimum absolute atomic E-state index is 0. The number of phosphoric ester groups is 1. The summed E-state index contributed by atoms with van der Waals surface area (Å²) in [6, 6.07) is -0.290. The van der Waals surface area contributed by atoms with E-state index in [0.717, 1.165) is 37.5 Å². The van der Waals surface area contributed by atoms with Crippen molar-refractivity contribution in [3.05, 3.63) is 23.8 Å². The van der Waals surface area contributed by atoms with E-state index in [2.05, 4.69) is 65.1 Å². The smallest absolute Gasteiger partial charge is 0.472 e. The third-order valence-electron chi connectivity index (χ3n) is 14.2. The Morgan fingerprint density at radius 2 is 1.73 bits per heavy atom. The molecule has 4 rings (SSSR count). The standard InChI is InChI=1S/C43H76N3O8P.H2O/c1-13-32(29(2)3)15-14-31(6)37-18-19-38-36-17-16-33-26-34(20-22-42(33,7)39(36)21-23-43(37,38)8)54-41(48)45(30(4)5)27-35(53-40(47)44-9)28-52-55(49,50)51-25-24-46(10,11)12;/h14-16,29-32,34-39H,13,17-28H2,1-12H3,(H-,44,47,49,50);1H2/b15-14+;/t31-,32-,34+,35?,36+,37-,38+,39+,42+,43-;/m1./s1. The fourth-order valence-electron chi connectivity index (χ4n) is 10.8. The molecule has 3 saturated carbocycles. The van der Waals surface area contributed by atoms with Gasteiger partial charge >= 0.3 is 20.0 Å². The van der Waals surface area contributed by atoms with Crippen LogP contribution >= 0.6 is 7.82 Å². The van der Waals surface area contributed by atoms with Crippen molar-refractivity contribution in [1.82, 2.24) is 10.2 Å². The van der Waals surface area contributed by atoms with Crippen LogP contribution in [0.4, 0.5) is 9.59 Å². The molecule has 13 heteroatoms. The first-order valence-electron chi connectivity index (χ1n) is 21.3. The van der Waals surface area contributed by atoms with Crippen molar-refractivity contribution in [1.29, 1.82) is 0 Å². The van der Waals surface area contributed by atoms with Crippen molar-refractivity contribution in [2.45, 2.75) is 131 Å². The van der Waals surface area contributed by atoms with Gasteiger partial charge in [0, 0.05) is 19.5 Å². The Bertz CT molecular complexity index is 1410. The Kier molecular flexibility index (Phi) is 17.2. The maximum atomic E-state index is 13.8. The Labute approximate surface area is 339 Å². The van der Waals surface area contributed by atoms with Crippen molar-refractivity contribution >= 4 is 20.0 Å². The van der Waals surface area contributed by atoms with E-state index < -0.39 is 32.7 Å². The van der Waals surface area contributed by atoms with Crippen LogP contribution in [-0.4, -0.2) is 105 Å². The molecule has 56 heavy (non-hydrogen) atoms. The molecule has 3 N–H and O–H groups in total. The number of fused-ring (bicyclic) bond motifs is 5. The van der Waals surface area contributed by atoms with Gasteiger partial charge in [-0.25, -0.2) is 14.2 Å². The molecule has 0 bridgehead atoms. The molecule has 0 saturated heterocycles. The predicted octanol–water partition coefficient (Wildman–Crippen LogP) is 9.04. The van der Waals surface area contributed by atoms with E-state index in [9.17, 15) is 19.0 Å². The molecule has 0 aliphatic heterocycles. The first-order valence-corrected chi connectivity index (χ1v) is 22.8. The first kappa shape index (κ1) is 48.4. The van der Waals surface area contributed by atoms with Gasteiger partial charge in [-0.1, -0.05) is 65.3 Å². The first-order chi connectivity index (χ1) is 25.6. The van der Waals surface area contributed by atoms with Crippen molar-refractivity contribution in [3.63, 3.8) is 0 Å². The molecule has 0 aromatic rings. The number of nitrogens with zero attached hydrogens (tertiary/aromatic N) is 2. The maximum absolute atomic E-state index is 13.8. The maximum Gasteiger partial charge on any atom is 0.472 e. The number of ether oxygens (including phenoxy) is 2. The van der Waals surface area contributed by atoms with Crippen LogP contribution in [0.5, 0.6) is 0 Å². The van der Waals surface area contributed by atoms with Crippen molar-refractivity contribution < 1.29 is 47.5 Å². The summed E-state index contributed by atoms with van der Waals surface area (Å²) in [5.41, 5.74) is 1.95. The summed E-state index contributed by atoms with van der Waals surface area (Å²) in [7, 11) is 2.82. The zero-order valence-electron chi connectivity index (χ0n) is 36.8. The highest BCUT2D eigenvalue weighted by atomic mass is 31.2. The molecule has 11 atom stereocenters. The van der Waals surface area contributed by atoms with Crippen LogP contribution in [0, 0.1) is 52.3 Å². The SMILES string of the molecule is CC[C@H](/C=C/[C@@H](C)[C@H]1CC[C@H]2[C@@H]3CC=C4C[C@@H](OC(=O)N(CC(COP(=O)(O)OCC[N+](C)(C)C)OC(=O)NC)C(C)C)CC[C@]4(C)[C@H]3CC[C@]12C)C(C)C.[OH-]. The topological polar surface area (TPSA) is 154 Å². The molecule has 324 valence electrons. The molecular weight excluding hydrogens is 733 g/mol. The number of rotatable bonds is 17. The number of carbonyl (C=O) groups excluding carboxylic acids is 2. The highest BCUT2D eigenvalue weighted by Crippen LogP contribution is 2.67. The van der Waals surface area contributed by atoms with Crippen LogP contribution in [-0.2, 0) is 23.1 Å². The van der Waals surface area contributed by atoms with E-state index in [1.54, 1.807) is 0 Å². The minimum atomic E-state index is -4.43. The highest BCUT2D eigenvalue weighted by Gasteiger charge is 2.59. The van der Waals surface area contributed by atoms with Gasteiger partial charge in [-0.15, -0.1) is 0 Å². The van der Waals surface area contributed by atoms with E-state index in [4.69, 9.17) is 18.5 Å². The molecule has 0 spiro atoms. The number of carbonyl (C=O) groups is 2. The molecule has 4 aliphatic carbocycles. The summed E-state index contributed by atoms with van der Waals surface area (Å²) >= 11 is 0. The van der Waals surface area contributed by atoms with Crippen LogP contribution in [0.3, 0.4) is 0 Å². The van der Waals surface area contributed by atoms with Gasteiger partial charge in [-0.05, 0) is 117 Å². The molecule has 0 aromatic carbocycles. The minimum Gasteiger partial charge on any atom is -0.870 e. The molecule has 4 aliphatic rings. The quantitative estimate of drug-likeness (QED) is 0.0832. The second-order valence-corrected chi connectivity index (χ2v) is 20.9. The molecule has 0 heterocycles. The van der Waals surface area contributed by atoms with Gasteiger partial charge in [0.05, 0.1) is 34.3 Å². The average Bonchev–Trinajstić information content (AvgIpc) is 3.46. The van der Waals surface area contributed by atoms with Gasteiger partial charge in [-0.3, -0.25) is 9.05 Å². The van der Waals surface area contributed by atoms with Crippen molar-refractivity contribution in [2.75, 3.05) is 54.5 Å². The third kappa shape index (κ3) is 11.8. The van der Waals surface area contributed by atoms with Gasteiger partial charge in [-0.2, -0.15) is 0 Å². The number of hydrogen-bond donors (Lipinski definition) is 2. The van der Waals surface area contributed by atoms with E-state index >= 15 is 0 Å². The molecule has 2 amide bonds. The fourth-order valence-corrected chi connectivity index (χ4v) is 11.6. The lowest BCUT2D eigenvalue weighted by molar-refractivity contribution is -0.870. The number of phosphoric acid groups is 1. The van der Waals surface area contributed by atoms with Crippen molar-refractivity contribution in [3.8, 4) is 0 Å². The summed E-state index contributed by atoms with van der Waals surface area (Å²) in [4.78, 5) is 37.8. The normalized spacial score (nSPS) is 31.6. The molecule has 3 fully saturated rings. The van der Waals surface area contributed by atoms with Gasteiger partial charge in [0.1, 0.15) is 25.4 Å². The second kappa shape index (κ2) is 19.9. The predicted molar refractivity (Wildman–Crippen MR) is 220 cm³/mol. The fraction of sp³-hybridized carbons (Fsp3) is 0.860. The van der Waals surface area contributed by atoms with E-state index in [-0.39, 0.29) is 36.2 Å². The zero-order chi connectivity index (χ0) is 40.9. The summed E-state index contributed by atoms with van der Waals surface area (Å²) in [5, 5.41) is 2.40. The number of hydrogen-bond acceptors (Lipinski definition) is 8. The van der Waals surface area contributed by atoms with E-state index in [0.29, 0.717) is 46.0 Å². The number of allylic oxidation sites excluding steroid dienone is 3. The Morgan fingerprint density at radius 1 is 1.04 bits per heavy atom. The summed E-state index contributed by atoms with van der Waals surface area (Å²) in [5.74, 6) is 4.80. The van der Waals surface area contributed by atoms with E-state index in [1.165, 1.54) is 49.6 Å². The molecular formula is C43H78N3O9P. The second-order valence-electron chi connectivity index (χ2n) is 19.4. The lowest BCUT2D eigenvalue weighted by atomic mass is 9.47. The lowest BCUT2D eigenvalue weighted by Gasteiger charge is -2.58. The van der Waals surface area contributed by atoms with Crippen LogP contribution in [0.15, 0.2) is 23.8 Å². The van der Waals surface area contributed by atoms with Crippen molar-refractivity contribution in [2.24, 2.45) is 52.3 Å². The van der Waals surface area contributed by atoms with E-state index in [1.807, 2.05) is 35.0 Å². The van der Waals surface area contributed by atoms with Crippen LogP contribution in [0.25, 0.3) is 0 Å². The molecule has 0 radical (unpaired) electrons. The van der Waals surface area contributed by atoms with Gasteiger partial charge in [0.2, 0.25) is 0 Å². The summed E-state index contributed by atoms with van der Waals surface area (Å²) in [6.07, 6.45) is 15.1. The molecule has 12 nitrogen and oxygen atoms in total. The molecule has 2 unspecified atom stereocenters. The summed E-state index contributed by atoms with van der Waals surface area (Å²) in [6.45, 7) is 18.3. The largest absolute Gasteiger partial charge is 0.870 e. The lowest BCUT2D eigenvalue weighted by Crippen LogP contribution is -2.51. The Morgan fingerprint density at radius 3 is 2.34 bits per heavy atom. The highest BCUT2D eigenvalue weighted by molar-refractivity contribution is 7.47. The number of likely N-dealkylation sites (N-methyl/N-ethyl adjacent to an activating group) is 1. The van der Waals surface area contributed by atoms with Gasteiger partial charge in [0.15, 0.2) is 0 Å². The molecule has 0 aromatic heterocycles. The van der Waals surface area contributed by atoms with Crippen LogP contribution in [0.2, 0.25) is 0 Å². The third-order valence-corrected chi connectivity index (χ3v) is 15.2. The number of alkyl carbamates (subject to hydrolysis) is 1. The van der Waals surface area contributed by atoms with Crippen LogP contribution < -0.4 is 5.32 Å². The van der Waals surface area contributed by atoms with Gasteiger partial charge in [0.25, 0.3) is 0 Å².